The number of alkyl halides is 3. The highest BCUT2D eigenvalue weighted by molar-refractivity contribution is 6.04. The minimum atomic E-state index is -4.47. The van der Waals surface area contributed by atoms with Crippen LogP contribution in [0.2, 0.25) is 0 Å². The highest BCUT2D eigenvalue weighted by atomic mass is 19.4. The van der Waals surface area contributed by atoms with Crippen molar-refractivity contribution in [1.29, 1.82) is 0 Å². The molecule has 1 N–H and O–H groups in total. The van der Waals surface area contributed by atoms with Crippen LogP contribution in [0.4, 0.5) is 18.9 Å². The lowest BCUT2D eigenvalue weighted by Crippen LogP contribution is -2.15. The molecule has 2 aromatic carbocycles. The fourth-order valence-corrected chi connectivity index (χ4v) is 2.29. The van der Waals surface area contributed by atoms with Gasteiger partial charge in [0.25, 0.3) is 5.91 Å². The van der Waals surface area contributed by atoms with E-state index in [1.165, 1.54) is 12.1 Å². The summed E-state index contributed by atoms with van der Waals surface area (Å²) in [4.78, 5) is 12.3. The van der Waals surface area contributed by atoms with Gasteiger partial charge in [-0.05, 0) is 42.2 Å². The summed E-state index contributed by atoms with van der Waals surface area (Å²) in [5, 5.41) is 2.71. The highest BCUT2D eigenvalue weighted by Crippen LogP contribution is 2.30. The Kier molecular flexibility index (Phi) is 5.08. The topological polar surface area (TPSA) is 29.1 Å². The lowest BCUT2D eigenvalue weighted by atomic mass is 9.96. The van der Waals surface area contributed by atoms with Crippen LogP contribution in [0.1, 0.15) is 47.7 Å². The van der Waals surface area contributed by atoms with Crippen LogP contribution in [0.5, 0.6) is 0 Å². The molecule has 0 aromatic heterocycles. The van der Waals surface area contributed by atoms with E-state index in [0.717, 1.165) is 24.1 Å². The Morgan fingerprint density at radius 1 is 1.13 bits per heavy atom. The molecule has 0 bridgehead atoms. The van der Waals surface area contributed by atoms with Crippen LogP contribution in [0.3, 0.4) is 0 Å². The summed E-state index contributed by atoms with van der Waals surface area (Å²) in [5.74, 6) is -0.306. The summed E-state index contributed by atoms with van der Waals surface area (Å²) >= 11 is 0. The zero-order chi connectivity index (χ0) is 17.0. The van der Waals surface area contributed by atoms with Crippen molar-refractivity contribution >= 4 is 11.6 Å². The van der Waals surface area contributed by atoms with Crippen LogP contribution in [0.25, 0.3) is 0 Å². The number of benzene rings is 2. The second kappa shape index (κ2) is 6.86. The summed E-state index contributed by atoms with van der Waals surface area (Å²) in [5.41, 5.74) is 0.749. The molecule has 0 aliphatic heterocycles. The van der Waals surface area contributed by atoms with Gasteiger partial charge in [-0.15, -0.1) is 0 Å². The van der Waals surface area contributed by atoms with E-state index >= 15 is 0 Å². The molecule has 23 heavy (non-hydrogen) atoms. The predicted molar refractivity (Wildman–Crippen MR) is 84.5 cm³/mol. The Balaban J connectivity index is 2.27. The third kappa shape index (κ3) is 4.12. The Bertz CT molecular complexity index is 695. The van der Waals surface area contributed by atoms with E-state index in [1.807, 2.05) is 26.0 Å². The second-order valence-electron chi connectivity index (χ2n) is 5.43. The molecule has 1 amide bonds. The molecular formula is C18H18F3NO. The number of anilines is 1. The number of hydrogen-bond acceptors (Lipinski definition) is 1. The summed E-state index contributed by atoms with van der Waals surface area (Å²) < 4.78 is 38.2. The number of carbonyl (C=O) groups is 1. The SMILES string of the molecule is CC[C@@H](C)c1ccccc1NC(=O)c1cccc(C(F)(F)F)c1. The molecule has 0 aliphatic rings. The van der Waals surface area contributed by atoms with Crippen LogP contribution >= 0.6 is 0 Å². The van der Waals surface area contributed by atoms with Crippen molar-refractivity contribution in [3.8, 4) is 0 Å². The molecule has 5 heteroatoms. The molecule has 0 saturated carbocycles. The zero-order valence-corrected chi connectivity index (χ0v) is 12.9. The number of hydrogen-bond donors (Lipinski definition) is 1. The quantitative estimate of drug-likeness (QED) is 0.794. The van der Waals surface area contributed by atoms with Crippen molar-refractivity contribution in [2.45, 2.75) is 32.4 Å². The minimum absolute atomic E-state index is 0.0150. The average Bonchev–Trinajstić information content (AvgIpc) is 2.54. The molecule has 122 valence electrons. The summed E-state index contributed by atoms with van der Waals surface area (Å²) in [6.07, 6.45) is -3.57. The third-order valence-electron chi connectivity index (χ3n) is 3.80. The van der Waals surface area contributed by atoms with Crippen LogP contribution in [-0.2, 0) is 6.18 Å². The molecule has 0 heterocycles. The zero-order valence-electron chi connectivity index (χ0n) is 12.9. The van der Waals surface area contributed by atoms with E-state index in [-0.39, 0.29) is 11.5 Å². The molecule has 2 rings (SSSR count). The van der Waals surface area contributed by atoms with Crippen molar-refractivity contribution in [3.63, 3.8) is 0 Å². The summed E-state index contributed by atoms with van der Waals surface area (Å²) in [6, 6.07) is 11.7. The van der Waals surface area contributed by atoms with Gasteiger partial charge in [0, 0.05) is 11.3 Å². The first-order valence-electron chi connectivity index (χ1n) is 7.40. The van der Waals surface area contributed by atoms with Crippen molar-refractivity contribution in [2.75, 3.05) is 5.32 Å². The van der Waals surface area contributed by atoms with E-state index in [1.54, 1.807) is 12.1 Å². The molecule has 2 aromatic rings. The van der Waals surface area contributed by atoms with Gasteiger partial charge in [0.15, 0.2) is 0 Å². The molecule has 0 radical (unpaired) electrons. The largest absolute Gasteiger partial charge is 0.416 e. The van der Waals surface area contributed by atoms with E-state index in [4.69, 9.17) is 0 Å². The Hall–Kier alpha value is -2.30. The van der Waals surface area contributed by atoms with E-state index in [2.05, 4.69) is 5.32 Å². The number of amides is 1. The summed E-state index contributed by atoms with van der Waals surface area (Å²) in [7, 11) is 0. The molecular weight excluding hydrogens is 303 g/mol. The van der Waals surface area contributed by atoms with Gasteiger partial charge >= 0.3 is 6.18 Å². The lowest BCUT2D eigenvalue weighted by Gasteiger charge is -2.16. The van der Waals surface area contributed by atoms with Crippen LogP contribution in [0, 0.1) is 0 Å². The third-order valence-corrected chi connectivity index (χ3v) is 3.80. The summed E-state index contributed by atoms with van der Waals surface area (Å²) in [6.45, 7) is 4.07. The van der Waals surface area contributed by atoms with Crippen LogP contribution in [0.15, 0.2) is 48.5 Å². The number of rotatable bonds is 4. The Labute approximate surface area is 133 Å². The average molecular weight is 321 g/mol. The van der Waals surface area contributed by atoms with Gasteiger partial charge < -0.3 is 5.32 Å². The molecule has 0 unspecified atom stereocenters. The van der Waals surface area contributed by atoms with Gasteiger partial charge in [-0.1, -0.05) is 38.1 Å². The van der Waals surface area contributed by atoms with Crippen molar-refractivity contribution in [2.24, 2.45) is 0 Å². The first kappa shape index (κ1) is 17.1. The van der Waals surface area contributed by atoms with Gasteiger partial charge in [-0.3, -0.25) is 4.79 Å². The first-order valence-corrected chi connectivity index (χ1v) is 7.40. The lowest BCUT2D eigenvalue weighted by molar-refractivity contribution is -0.137. The first-order chi connectivity index (χ1) is 10.8. The maximum absolute atomic E-state index is 12.7. The second-order valence-corrected chi connectivity index (χ2v) is 5.43. The predicted octanol–water partition coefficient (Wildman–Crippen LogP) is 5.47. The molecule has 0 aliphatic carbocycles. The van der Waals surface area contributed by atoms with Crippen LogP contribution < -0.4 is 5.32 Å². The molecule has 0 spiro atoms. The monoisotopic (exact) mass is 321 g/mol. The van der Waals surface area contributed by atoms with Crippen LogP contribution in [-0.4, -0.2) is 5.91 Å². The Morgan fingerprint density at radius 2 is 1.83 bits per heavy atom. The fourth-order valence-electron chi connectivity index (χ4n) is 2.29. The van der Waals surface area contributed by atoms with Gasteiger partial charge in [0.05, 0.1) is 5.56 Å². The molecule has 0 fully saturated rings. The van der Waals surface area contributed by atoms with Gasteiger partial charge in [0.1, 0.15) is 0 Å². The van der Waals surface area contributed by atoms with Crippen molar-refractivity contribution < 1.29 is 18.0 Å². The number of nitrogens with one attached hydrogen (secondary N) is 1. The highest BCUT2D eigenvalue weighted by Gasteiger charge is 2.30. The standard InChI is InChI=1S/C18H18F3NO/c1-3-12(2)15-9-4-5-10-16(15)22-17(23)13-7-6-8-14(11-13)18(19,20)21/h4-12H,3H2,1-2H3,(H,22,23)/t12-/m1/s1. The molecule has 1 atom stereocenters. The minimum Gasteiger partial charge on any atom is -0.322 e. The van der Waals surface area contributed by atoms with E-state index in [9.17, 15) is 18.0 Å². The van der Waals surface area contributed by atoms with E-state index in [0.29, 0.717) is 5.69 Å². The van der Waals surface area contributed by atoms with Crippen molar-refractivity contribution in [3.05, 3.63) is 65.2 Å². The maximum atomic E-state index is 12.7. The number of halogens is 3. The normalized spacial score (nSPS) is 12.7. The van der Waals surface area contributed by atoms with E-state index < -0.39 is 17.6 Å². The van der Waals surface area contributed by atoms with Gasteiger partial charge in [-0.2, -0.15) is 13.2 Å². The molecule has 0 saturated heterocycles. The fraction of sp³-hybridized carbons (Fsp3) is 0.278. The van der Waals surface area contributed by atoms with Gasteiger partial charge in [0.2, 0.25) is 0 Å². The molecule has 2 nitrogen and oxygen atoms in total. The Morgan fingerprint density at radius 3 is 2.48 bits per heavy atom. The van der Waals surface area contributed by atoms with Crippen molar-refractivity contribution in [1.82, 2.24) is 0 Å². The smallest absolute Gasteiger partial charge is 0.322 e. The number of para-hydroxylation sites is 1. The number of carbonyl (C=O) groups excluding carboxylic acids is 1. The maximum Gasteiger partial charge on any atom is 0.416 e. The van der Waals surface area contributed by atoms with Gasteiger partial charge in [-0.25, -0.2) is 0 Å².